The van der Waals surface area contributed by atoms with Crippen molar-refractivity contribution in [3.05, 3.63) is 86.9 Å². The second-order valence-corrected chi connectivity index (χ2v) is 8.28. The lowest BCUT2D eigenvalue weighted by molar-refractivity contribution is -0.132. The first-order valence-corrected chi connectivity index (χ1v) is 10.5. The van der Waals surface area contributed by atoms with Crippen LogP contribution in [0.3, 0.4) is 0 Å². The number of aliphatic hydroxyl groups excluding tert-OH is 1. The van der Waals surface area contributed by atoms with Crippen molar-refractivity contribution in [2.45, 2.75) is 19.9 Å². The number of aryl methyl sites for hydroxylation is 2. The molecule has 1 fully saturated rings. The maximum atomic E-state index is 13.5. The van der Waals surface area contributed by atoms with E-state index in [0.29, 0.717) is 27.4 Å². The highest BCUT2D eigenvalue weighted by Crippen LogP contribution is 2.44. The van der Waals surface area contributed by atoms with Gasteiger partial charge in [0.2, 0.25) is 0 Å². The van der Waals surface area contributed by atoms with Crippen LogP contribution in [0.15, 0.2) is 59.5 Å². The van der Waals surface area contributed by atoms with Gasteiger partial charge in [0.05, 0.1) is 12.7 Å². The van der Waals surface area contributed by atoms with E-state index in [-0.39, 0.29) is 11.3 Å². The molecule has 2 aromatic carbocycles. The molecule has 1 aromatic heterocycles. The minimum Gasteiger partial charge on any atom is -0.507 e. The lowest BCUT2D eigenvalue weighted by Gasteiger charge is -2.24. The number of carbonyl (C=O) groups is 2. The molecule has 5 nitrogen and oxygen atoms in total. The third-order valence-corrected chi connectivity index (χ3v) is 6.28. The van der Waals surface area contributed by atoms with Crippen molar-refractivity contribution in [2.75, 3.05) is 12.0 Å². The van der Waals surface area contributed by atoms with Crippen molar-refractivity contribution < 1.29 is 23.8 Å². The molecule has 1 amide bonds. The summed E-state index contributed by atoms with van der Waals surface area (Å²) in [4.78, 5) is 28.1. The zero-order valence-corrected chi connectivity index (χ0v) is 18.0. The second-order valence-electron chi connectivity index (χ2n) is 7.30. The quantitative estimate of drug-likeness (QED) is 0.349. The van der Waals surface area contributed by atoms with Gasteiger partial charge in [-0.1, -0.05) is 6.07 Å². The molecule has 1 N–H and O–H groups in total. The molecule has 2 heterocycles. The lowest BCUT2D eigenvalue weighted by Crippen LogP contribution is -2.29. The molecule has 1 atom stereocenters. The number of carbonyl (C=O) groups excluding carboxylic acids is 2. The molecule has 7 heteroatoms. The highest BCUT2D eigenvalue weighted by molar-refractivity contribution is 7.10. The molecular weight excluding hydrogens is 417 g/mol. The van der Waals surface area contributed by atoms with Crippen LogP contribution in [0.4, 0.5) is 10.1 Å². The van der Waals surface area contributed by atoms with Gasteiger partial charge < -0.3 is 9.84 Å². The molecule has 0 spiro atoms. The normalized spacial score (nSPS) is 17.9. The van der Waals surface area contributed by atoms with Crippen LogP contribution in [0.5, 0.6) is 5.75 Å². The fraction of sp³-hybridized carbons (Fsp3) is 0.167. The zero-order chi connectivity index (χ0) is 22.3. The van der Waals surface area contributed by atoms with Gasteiger partial charge >= 0.3 is 0 Å². The van der Waals surface area contributed by atoms with Crippen molar-refractivity contribution in [2.24, 2.45) is 0 Å². The highest BCUT2D eigenvalue weighted by Gasteiger charge is 2.47. The first kappa shape index (κ1) is 20.8. The Morgan fingerprint density at radius 3 is 2.42 bits per heavy atom. The van der Waals surface area contributed by atoms with Crippen LogP contribution in [0.25, 0.3) is 5.76 Å². The van der Waals surface area contributed by atoms with Gasteiger partial charge in [0.25, 0.3) is 11.7 Å². The van der Waals surface area contributed by atoms with Gasteiger partial charge in [-0.15, -0.1) is 11.3 Å². The van der Waals surface area contributed by atoms with Crippen molar-refractivity contribution >= 4 is 34.5 Å². The Morgan fingerprint density at radius 2 is 1.81 bits per heavy atom. The molecule has 1 saturated heterocycles. The van der Waals surface area contributed by atoms with Crippen LogP contribution in [0.1, 0.15) is 27.6 Å². The molecular formula is C24H20FNO4S. The summed E-state index contributed by atoms with van der Waals surface area (Å²) in [5.74, 6) is -1.58. The number of methoxy groups -OCH3 is 1. The number of halogens is 1. The molecule has 31 heavy (non-hydrogen) atoms. The summed E-state index contributed by atoms with van der Waals surface area (Å²) in [6, 6.07) is 11.7. The van der Waals surface area contributed by atoms with E-state index in [2.05, 4.69) is 0 Å². The van der Waals surface area contributed by atoms with Gasteiger partial charge in [-0.3, -0.25) is 14.5 Å². The lowest BCUT2D eigenvalue weighted by atomic mass is 9.95. The number of aliphatic hydroxyl groups is 1. The van der Waals surface area contributed by atoms with Gasteiger partial charge in [0.15, 0.2) is 0 Å². The molecule has 1 aliphatic rings. The molecule has 1 unspecified atom stereocenters. The topological polar surface area (TPSA) is 66.8 Å². The van der Waals surface area contributed by atoms with E-state index in [1.165, 1.54) is 40.5 Å². The monoisotopic (exact) mass is 437 g/mol. The Kier molecular flexibility index (Phi) is 5.37. The van der Waals surface area contributed by atoms with Crippen LogP contribution in [0, 0.1) is 19.7 Å². The van der Waals surface area contributed by atoms with Crippen LogP contribution >= 0.6 is 11.3 Å². The Balaban J connectivity index is 1.94. The second kappa shape index (κ2) is 8.00. The molecule has 4 rings (SSSR count). The van der Waals surface area contributed by atoms with E-state index in [9.17, 15) is 19.1 Å². The van der Waals surface area contributed by atoms with E-state index >= 15 is 0 Å². The number of ether oxygens (including phenoxy) is 1. The number of thiophene rings is 1. The number of anilines is 1. The number of amides is 1. The van der Waals surface area contributed by atoms with Gasteiger partial charge in [0.1, 0.15) is 23.4 Å². The van der Waals surface area contributed by atoms with Gasteiger partial charge in [0, 0.05) is 16.1 Å². The Bertz CT molecular complexity index is 1200. The average Bonchev–Trinajstić information content (AvgIpc) is 3.37. The summed E-state index contributed by atoms with van der Waals surface area (Å²) in [6.07, 6.45) is 0. The van der Waals surface area contributed by atoms with E-state index in [4.69, 9.17) is 4.74 Å². The van der Waals surface area contributed by atoms with Crippen molar-refractivity contribution in [1.29, 1.82) is 0 Å². The van der Waals surface area contributed by atoms with Gasteiger partial charge in [-0.05, 0) is 72.8 Å². The van der Waals surface area contributed by atoms with Crippen LogP contribution in [-0.2, 0) is 9.59 Å². The summed E-state index contributed by atoms with van der Waals surface area (Å²) >= 11 is 1.37. The number of hydrogen-bond acceptors (Lipinski definition) is 5. The zero-order valence-electron chi connectivity index (χ0n) is 17.2. The molecule has 1 aliphatic heterocycles. The molecule has 0 bridgehead atoms. The molecule has 158 valence electrons. The molecule has 0 radical (unpaired) electrons. The number of rotatable bonds is 4. The number of Topliss-reactive ketones (excluding diaryl/α,β-unsaturated/α-hetero) is 1. The first-order valence-electron chi connectivity index (χ1n) is 9.59. The fourth-order valence-corrected chi connectivity index (χ4v) is 4.65. The smallest absolute Gasteiger partial charge is 0.300 e. The molecule has 0 aliphatic carbocycles. The Labute approximate surface area is 183 Å². The van der Waals surface area contributed by atoms with Crippen molar-refractivity contribution in [3.8, 4) is 5.75 Å². The fourth-order valence-electron chi connectivity index (χ4n) is 3.83. The summed E-state index contributed by atoms with van der Waals surface area (Å²) in [5, 5.41) is 13.1. The summed E-state index contributed by atoms with van der Waals surface area (Å²) in [6.45, 7) is 3.64. The van der Waals surface area contributed by atoms with Crippen LogP contribution < -0.4 is 9.64 Å². The Morgan fingerprint density at radius 1 is 1.10 bits per heavy atom. The predicted molar refractivity (Wildman–Crippen MR) is 118 cm³/mol. The van der Waals surface area contributed by atoms with Crippen molar-refractivity contribution in [3.63, 3.8) is 0 Å². The van der Waals surface area contributed by atoms with E-state index in [1.807, 2.05) is 18.4 Å². The van der Waals surface area contributed by atoms with Crippen molar-refractivity contribution in [1.82, 2.24) is 0 Å². The highest BCUT2D eigenvalue weighted by atomic mass is 32.1. The summed E-state index contributed by atoms with van der Waals surface area (Å²) in [5.41, 5.74) is 2.33. The maximum Gasteiger partial charge on any atom is 0.300 e. The first-order chi connectivity index (χ1) is 14.8. The Hall–Kier alpha value is -3.45. The van der Waals surface area contributed by atoms with Gasteiger partial charge in [-0.25, -0.2) is 4.39 Å². The van der Waals surface area contributed by atoms with E-state index in [1.54, 1.807) is 32.2 Å². The third kappa shape index (κ3) is 3.51. The number of benzene rings is 2. The summed E-state index contributed by atoms with van der Waals surface area (Å²) < 4.78 is 18.8. The third-order valence-electron chi connectivity index (χ3n) is 5.36. The largest absolute Gasteiger partial charge is 0.507 e. The maximum absolute atomic E-state index is 13.5. The standard InChI is InChI=1S/C24H20FNO4S/c1-13-12-18(30-3)14(2)11-17(13)22(27)20-21(19-5-4-10-31-19)26(24(29)23(20)28)16-8-6-15(25)7-9-16/h4-12,21,27H,1-3H3/b22-20-. The van der Waals surface area contributed by atoms with Crippen LogP contribution in [-0.4, -0.2) is 23.9 Å². The number of ketones is 1. The van der Waals surface area contributed by atoms with E-state index < -0.39 is 23.5 Å². The SMILES string of the molecule is COc1cc(C)c(/C(O)=C2/C(=O)C(=O)N(c3ccc(F)cc3)C2c2cccs2)cc1C. The molecule has 3 aromatic rings. The van der Waals surface area contributed by atoms with E-state index in [0.717, 1.165) is 5.56 Å². The predicted octanol–water partition coefficient (Wildman–Crippen LogP) is 5.14. The van der Waals surface area contributed by atoms with Crippen LogP contribution in [0.2, 0.25) is 0 Å². The number of hydrogen-bond donors (Lipinski definition) is 1. The molecule has 0 saturated carbocycles. The minimum atomic E-state index is -0.813. The van der Waals surface area contributed by atoms with Gasteiger partial charge in [-0.2, -0.15) is 0 Å². The minimum absolute atomic E-state index is 0.00411. The summed E-state index contributed by atoms with van der Waals surface area (Å²) in [7, 11) is 1.56. The average molecular weight is 437 g/mol. The number of nitrogens with zero attached hydrogens (tertiary/aromatic N) is 1.